The van der Waals surface area contributed by atoms with Crippen molar-refractivity contribution in [2.45, 2.75) is 75.7 Å². The molecule has 2 unspecified atom stereocenters. The Morgan fingerprint density at radius 1 is 1.22 bits per heavy atom. The van der Waals surface area contributed by atoms with Crippen molar-refractivity contribution in [3.63, 3.8) is 0 Å². The van der Waals surface area contributed by atoms with Crippen LogP contribution in [0.1, 0.15) is 61.6 Å². The van der Waals surface area contributed by atoms with E-state index in [4.69, 9.17) is 17.0 Å². The Morgan fingerprint density at radius 2 is 2.00 bits per heavy atom. The third kappa shape index (κ3) is 2.73. The lowest BCUT2D eigenvalue weighted by molar-refractivity contribution is -0.0559. The molecule has 4 nitrogen and oxygen atoms in total. The van der Waals surface area contributed by atoms with Crippen LogP contribution < -0.4 is 10.6 Å². The zero-order valence-electron chi connectivity index (χ0n) is 16.1. The molecule has 4 aliphatic rings. The number of thiocarbonyl (C=S) groups is 1. The number of hydrogen-bond donors (Lipinski definition) is 3. The number of aliphatic hydroxyl groups excluding tert-OH is 1. The lowest BCUT2D eigenvalue weighted by Gasteiger charge is -2.49. The van der Waals surface area contributed by atoms with Crippen molar-refractivity contribution in [1.82, 2.24) is 10.6 Å². The number of aryl methyl sites for hydroxylation is 1. The van der Waals surface area contributed by atoms with Crippen LogP contribution in [0.3, 0.4) is 0 Å². The highest BCUT2D eigenvalue weighted by molar-refractivity contribution is 7.80. The maximum absolute atomic E-state index is 11.2. The van der Waals surface area contributed by atoms with E-state index < -0.39 is 11.8 Å². The predicted octanol–water partition coefficient (Wildman–Crippen LogP) is 3.15. The molecule has 1 saturated heterocycles. The van der Waals surface area contributed by atoms with Crippen molar-refractivity contribution in [2.75, 3.05) is 7.11 Å². The van der Waals surface area contributed by atoms with Gasteiger partial charge < -0.3 is 20.5 Å². The van der Waals surface area contributed by atoms with Crippen molar-refractivity contribution >= 4 is 17.3 Å². The number of ether oxygens (including phenoxy) is 1. The second-order valence-corrected chi connectivity index (χ2v) is 9.58. The van der Waals surface area contributed by atoms with Gasteiger partial charge in [0.05, 0.1) is 6.10 Å². The number of rotatable bonds is 4. The van der Waals surface area contributed by atoms with Gasteiger partial charge in [-0.3, -0.25) is 0 Å². The predicted molar refractivity (Wildman–Crippen MR) is 109 cm³/mol. The van der Waals surface area contributed by atoms with Crippen LogP contribution >= 0.6 is 12.2 Å². The van der Waals surface area contributed by atoms with Gasteiger partial charge >= 0.3 is 0 Å². The standard InChI is InChI=1S/C22H30N2O2S/c1-26-17-8-10-21(11-9-17)13-16-7-6-15(5-4-14-2-3-14)12-18(16)22(21)19(25)23-20(27)24-22/h6-7,12,14,17,19,25H,2-5,8-11,13H2,1H3,(H2,23,24,27). The Bertz CT molecular complexity index is 755. The minimum atomic E-state index is -0.677. The Balaban J connectivity index is 1.53. The zero-order valence-corrected chi connectivity index (χ0v) is 16.9. The molecule has 2 spiro atoms. The number of benzene rings is 1. The lowest BCUT2D eigenvalue weighted by atomic mass is 9.61. The van der Waals surface area contributed by atoms with E-state index in [1.165, 1.54) is 36.0 Å². The number of nitrogens with one attached hydrogen (secondary N) is 2. The van der Waals surface area contributed by atoms with Crippen molar-refractivity contribution in [3.8, 4) is 0 Å². The highest BCUT2D eigenvalue weighted by Gasteiger charge is 2.64. The van der Waals surface area contributed by atoms with Crippen molar-refractivity contribution < 1.29 is 9.84 Å². The molecule has 5 heteroatoms. The van der Waals surface area contributed by atoms with Crippen molar-refractivity contribution in [2.24, 2.45) is 11.3 Å². The molecule has 1 aromatic carbocycles. The molecule has 0 amide bonds. The zero-order chi connectivity index (χ0) is 18.6. The van der Waals surface area contributed by atoms with Crippen LogP contribution in [0.25, 0.3) is 0 Å². The summed E-state index contributed by atoms with van der Waals surface area (Å²) in [5.41, 5.74) is 3.53. The van der Waals surface area contributed by atoms with Gasteiger partial charge in [0.15, 0.2) is 11.3 Å². The molecule has 2 atom stereocenters. The summed E-state index contributed by atoms with van der Waals surface area (Å²) < 4.78 is 5.63. The van der Waals surface area contributed by atoms with E-state index in [0.717, 1.165) is 44.4 Å². The first-order chi connectivity index (χ1) is 13.1. The smallest absolute Gasteiger partial charge is 0.169 e. The van der Waals surface area contributed by atoms with E-state index in [0.29, 0.717) is 11.2 Å². The summed E-state index contributed by atoms with van der Waals surface area (Å²) in [7, 11) is 1.81. The van der Waals surface area contributed by atoms with Crippen LogP contribution in [-0.4, -0.2) is 29.7 Å². The first-order valence-corrected chi connectivity index (χ1v) is 10.9. The summed E-state index contributed by atoms with van der Waals surface area (Å²) in [6, 6.07) is 6.98. The summed E-state index contributed by atoms with van der Waals surface area (Å²) in [6.45, 7) is 0. The normalized spacial score (nSPS) is 37.5. The number of aliphatic hydroxyl groups is 1. The Labute approximate surface area is 167 Å². The quantitative estimate of drug-likeness (QED) is 0.694. The third-order valence-corrected chi connectivity index (χ3v) is 7.93. The summed E-state index contributed by atoms with van der Waals surface area (Å²) in [5.74, 6) is 0.937. The molecule has 146 valence electrons. The molecule has 3 N–H and O–H groups in total. The van der Waals surface area contributed by atoms with Crippen LogP contribution in [0.5, 0.6) is 0 Å². The Hall–Kier alpha value is -1.17. The summed E-state index contributed by atoms with van der Waals surface area (Å²) in [5, 5.41) is 18.4. The van der Waals surface area contributed by atoms with E-state index in [1.807, 2.05) is 7.11 Å². The van der Waals surface area contributed by atoms with Gasteiger partial charge in [-0.25, -0.2) is 0 Å². The first kappa shape index (κ1) is 17.9. The molecule has 0 aromatic heterocycles. The van der Waals surface area contributed by atoms with E-state index in [9.17, 15) is 5.11 Å². The summed E-state index contributed by atoms with van der Waals surface area (Å²) >= 11 is 5.45. The van der Waals surface area contributed by atoms with Crippen LogP contribution in [0.15, 0.2) is 18.2 Å². The van der Waals surface area contributed by atoms with Crippen molar-refractivity contribution in [1.29, 1.82) is 0 Å². The summed E-state index contributed by atoms with van der Waals surface area (Å²) in [6.07, 6.45) is 10.1. The highest BCUT2D eigenvalue weighted by Crippen LogP contribution is 2.60. The van der Waals surface area contributed by atoms with Crippen molar-refractivity contribution in [3.05, 3.63) is 34.9 Å². The van der Waals surface area contributed by atoms with Gasteiger partial charge in [0.2, 0.25) is 0 Å². The average molecular weight is 387 g/mol. The molecule has 1 heterocycles. The maximum Gasteiger partial charge on any atom is 0.169 e. The molecular formula is C22H30N2O2S. The van der Waals surface area contributed by atoms with Crippen LogP contribution in [0.2, 0.25) is 0 Å². The fourth-order valence-corrected chi connectivity index (χ4v) is 6.24. The monoisotopic (exact) mass is 386 g/mol. The van der Waals surface area contributed by atoms with Crippen LogP contribution in [0.4, 0.5) is 0 Å². The SMILES string of the molecule is COC1CCC2(CC1)Cc1ccc(CCC3CC3)cc1C21NC(=S)NC1O. The largest absolute Gasteiger partial charge is 0.381 e. The second-order valence-electron chi connectivity index (χ2n) is 9.17. The number of hydrogen-bond acceptors (Lipinski definition) is 3. The fourth-order valence-electron chi connectivity index (χ4n) is 5.97. The van der Waals surface area contributed by atoms with Gasteiger partial charge in [-0.05, 0) is 79.8 Å². The van der Waals surface area contributed by atoms with Gasteiger partial charge in [0.25, 0.3) is 0 Å². The lowest BCUT2D eigenvalue weighted by Crippen LogP contribution is -2.58. The maximum atomic E-state index is 11.2. The highest BCUT2D eigenvalue weighted by atomic mass is 32.1. The van der Waals surface area contributed by atoms with E-state index in [2.05, 4.69) is 28.8 Å². The third-order valence-electron chi connectivity index (χ3n) is 7.71. The van der Waals surface area contributed by atoms with Crippen LogP contribution in [-0.2, 0) is 23.1 Å². The van der Waals surface area contributed by atoms with Gasteiger partial charge in [-0.2, -0.15) is 0 Å². The molecular weight excluding hydrogens is 356 g/mol. The minimum absolute atomic E-state index is 0.00748. The molecule has 0 bridgehead atoms. The molecule has 27 heavy (non-hydrogen) atoms. The minimum Gasteiger partial charge on any atom is -0.381 e. The summed E-state index contributed by atoms with van der Waals surface area (Å²) in [4.78, 5) is 0. The Kier molecular flexibility index (Phi) is 4.26. The molecule has 0 radical (unpaired) electrons. The molecule has 3 aliphatic carbocycles. The number of methoxy groups -OCH3 is 1. The van der Waals surface area contributed by atoms with Gasteiger partial charge in [-0.1, -0.05) is 31.0 Å². The molecule has 1 aliphatic heterocycles. The molecule has 5 rings (SSSR count). The first-order valence-electron chi connectivity index (χ1n) is 10.5. The molecule has 2 saturated carbocycles. The molecule has 3 fully saturated rings. The van der Waals surface area contributed by atoms with E-state index >= 15 is 0 Å². The van der Waals surface area contributed by atoms with Gasteiger partial charge in [0, 0.05) is 12.5 Å². The van der Waals surface area contributed by atoms with Gasteiger partial charge in [-0.15, -0.1) is 0 Å². The average Bonchev–Trinajstić information content (AvgIpc) is 3.40. The fraction of sp³-hybridized carbons (Fsp3) is 0.682. The second kappa shape index (κ2) is 6.43. The topological polar surface area (TPSA) is 53.5 Å². The Morgan fingerprint density at radius 3 is 2.63 bits per heavy atom. The molecule has 1 aromatic rings. The van der Waals surface area contributed by atoms with Crippen LogP contribution in [0, 0.1) is 11.3 Å². The van der Waals surface area contributed by atoms with Gasteiger partial charge in [0.1, 0.15) is 5.54 Å². The number of fused-ring (bicyclic) bond motifs is 3. The van der Waals surface area contributed by atoms with E-state index in [1.54, 1.807) is 0 Å². The van der Waals surface area contributed by atoms with E-state index in [-0.39, 0.29) is 5.41 Å².